The molecule has 0 saturated carbocycles. The maximum atomic E-state index is 12.7. The van der Waals surface area contributed by atoms with Crippen molar-refractivity contribution >= 4 is 11.6 Å². The summed E-state index contributed by atoms with van der Waals surface area (Å²) in [7, 11) is 0. The van der Waals surface area contributed by atoms with Crippen LogP contribution in [-0.2, 0) is 17.8 Å². The molecule has 0 aliphatic carbocycles. The van der Waals surface area contributed by atoms with Gasteiger partial charge < -0.3 is 15.0 Å². The van der Waals surface area contributed by atoms with Crippen molar-refractivity contribution in [1.82, 2.24) is 15.1 Å². The topological polar surface area (TPSA) is 48.0 Å². The summed E-state index contributed by atoms with van der Waals surface area (Å²) in [5, 5.41) is 3.07. The molecular formula is C26H36N4O2. The third kappa shape index (κ3) is 6.09. The predicted molar refractivity (Wildman–Crippen MR) is 129 cm³/mol. The van der Waals surface area contributed by atoms with Gasteiger partial charge in [-0.2, -0.15) is 0 Å². The predicted octanol–water partition coefficient (Wildman–Crippen LogP) is 2.98. The minimum absolute atomic E-state index is 0.0280. The minimum Gasteiger partial charge on any atom is -0.379 e. The van der Waals surface area contributed by atoms with Crippen LogP contribution in [0.1, 0.15) is 35.3 Å². The molecule has 2 aromatic carbocycles. The number of hydrogen-bond donors (Lipinski definition) is 1. The fourth-order valence-corrected chi connectivity index (χ4v) is 4.46. The van der Waals surface area contributed by atoms with Crippen LogP contribution in [0.3, 0.4) is 0 Å². The van der Waals surface area contributed by atoms with E-state index in [1.807, 2.05) is 12.1 Å². The number of hydrogen-bond acceptors (Lipinski definition) is 5. The summed E-state index contributed by atoms with van der Waals surface area (Å²) in [6.45, 7) is 13.8. The van der Waals surface area contributed by atoms with Crippen molar-refractivity contribution in [1.29, 1.82) is 0 Å². The lowest BCUT2D eigenvalue weighted by Crippen LogP contribution is -2.48. The number of nitrogens with zero attached hydrogens (tertiary/aromatic N) is 3. The Labute approximate surface area is 192 Å². The minimum atomic E-state index is -0.0280. The highest BCUT2D eigenvalue weighted by atomic mass is 16.5. The van der Waals surface area contributed by atoms with Crippen LogP contribution >= 0.6 is 0 Å². The molecule has 2 saturated heterocycles. The monoisotopic (exact) mass is 436 g/mol. The van der Waals surface area contributed by atoms with Crippen LogP contribution < -0.4 is 10.2 Å². The van der Waals surface area contributed by atoms with Gasteiger partial charge in [-0.15, -0.1) is 0 Å². The van der Waals surface area contributed by atoms with E-state index < -0.39 is 0 Å². The molecule has 2 heterocycles. The zero-order chi connectivity index (χ0) is 22.3. The number of ether oxygens (including phenoxy) is 1. The first-order chi connectivity index (χ1) is 15.6. The first-order valence-corrected chi connectivity index (χ1v) is 11.8. The van der Waals surface area contributed by atoms with E-state index in [9.17, 15) is 4.79 Å². The van der Waals surface area contributed by atoms with Gasteiger partial charge in [-0.05, 0) is 49.2 Å². The number of carbonyl (C=O) groups is 1. The smallest absolute Gasteiger partial charge is 0.251 e. The molecule has 0 atom stereocenters. The standard InChI is InChI=1S/C26H36N4O2/c1-21(2)29-10-12-30(13-11-29)25-8-6-24(7-9-25)26(31)27-19-22-4-3-5-23(18-22)20-28-14-16-32-17-15-28/h3-9,18,21H,10-17,19-20H2,1-2H3,(H,27,31). The largest absolute Gasteiger partial charge is 0.379 e. The molecule has 0 bridgehead atoms. The van der Waals surface area contributed by atoms with E-state index in [2.05, 4.69) is 70.3 Å². The summed E-state index contributed by atoms with van der Waals surface area (Å²) in [5.41, 5.74) is 4.31. The van der Waals surface area contributed by atoms with Crippen molar-refractivity contribution in [3.63, 3.8) is 0 Å². The van der Waals surface area contributed by atoms with Gasteiger partial charge in [0.2, 0.25) is 0 Å². The summed E-state index contributed by atoms with van der Waals surface area (Å²) in [5.74, 6) is -0.0280. The fourth-order valence-electron chi connectivity index (χ4n) is 4.46. The molecule has 0 unspecified atom stereocenters. The van der Waals surface area contributed by atoms with Crippen LogP contribution in [0.5, 0.6) is 0 Å². The zero-order valence-corrected chi connectivity index (χ0v) is 19.4. The maximum Gasteiger partial charge on any atom is 0.251 e. The van der Waals surface area contributed by atoms with Crippen molar-refractivity contribution in [2.24, 2.45) is 0 Å². The number of benzene rings is 2. The molecule has 4 rings (SSSR count). The van der Waals surface area contributed by atoms with Gasteiger partial charge >= 0.3 is 0 Å². The molecule has 172 valence electrons. The Kier molecular flexibility index (Phi) is 7.79. The number of anilines is 1. The van der Waals surface area contributed by atoms with Crippen LogP contribution in [0.15, 0.2) is 48.5 Å². The van der Waals surface area contributed by atoms with E-state index in [-0.39, 0.29) is 5.91 Å². The highest BCUT2D eigenvalue weighted by Gasteiger charge is 2.19. The number of amides is 1. The molecule has 6 heteroatoms. The first-order valence-electron chi connectivity index (χ1n) is 11.8. The van der Waals surface area contributed by atoms with Gasteiger partial charge in [-0.1, -0.05) is 24.3 Å². The lowest BCUT2D eigenvalue weighted by atomic mass is 10.1. The second-order valence-corrected chi connectivity index (χ2v) is 9.05. The summed E-state index contributed by atoms with van der Waals surface area (Å²) in [6.07, 6.45) is 0. The lowest BCUT2D eigenvalue weighted by Gasteiger charge is -2.38. The second-order valence-electron chi connectivity index (χ2n) is 9.05. The average Bonchev–Trinajstić information content (AvgIpc) is 2.83. The molecule has 1 amide bonds. The van der Waals surface area contributed by atoms with Crippen molar-refractivity contribution in [3.05, 3.63) is 65.2 Å². The Morgan fingerprint density at radius 3 is 2.31 bits per heavy atom. The maximum absolute atomic E-state index is 12.7. The highest BCUT2D eigenvalue weighted by molar-refractivity contribution is 5.94. The van der Waals surface area contributed by atoms with Crippen LogP contribution in [0.25, 0.3) is 0 Å². The Hall–Kier alpha value is -2.41. The van der Waals surface area contributed by atoms with Gasteiger partial charge in [0, 0.05) is 69.7 Å². The molecule has 0 spiro atoms. The Bertz CT molecular complexity index is 870. The van der Waals surface area contributed by atoms with Gasteiger partial charge in [0.1, 0.15) is 0 Å². The number of piperazine rings is 1. The number of rotatable bonds is 7. The van der Waals surface area contributed by atoms with Crippen LogP contribution in [-0.4, -0.2) is 74.2 Å². The van der Waals surface area contributed by atoms with Crippen molar-refractivity contribution in [2.75, 3.05) is 57.4 Å². The van der Waals surface area contributed by atoms with Crippen LogP contribution in [0.4, 0.5) is 5.69 Å². The summed E-state index contributed by atoms with van der Waals surface area (Å²) >= 11 is 0. The summed E-state index contributed by atoms with van der Waals surface area (Å²) in [4.78, 5) is 20.0. The molecule has 2 aliphatic rings. The van der Waals surface area contributed by atoms with Gasteiger partial charge in [-0.25, -0.2) is 0 Å². The molecular weight excluding hydrogens is 400 g/mol. The number of morpholine rings is 1. The molecule has 6 nitrogen and oxygen atoms in total. The molecule has 32 heavy (non-hydrogen) atoms. The van der Waals surface area contributed by atoms with E-state index >= 15 is 0 Å². The van der Waals surface area contributed by atoms with Gasteiger partial charge in [-0.3, -0.25) is 14.6 Å². The van der Waals surface area contributed by atoms with E-state index in [0.29, 0.717) is 18.2 Å². The van der Waals surface area contributed by atoms with Crippen molar-refractivity contribution in [2.45, 2.75) is 33.0 Å². The van der Waals surface area contributed by atoms with Gasteiger partial charge in [0.05, 0.1) is 13.2 Å². The van der Waals surface area contributed by atoms with Crippen LogP contribution in [0.2, 0.25) is 0 Å². The Balaban J connectivity index is 1.27. The highest BCUT2D eigenvalue weighted by Crippen LogP contribution is 2.18. The van der Waals surface area contributed by atoms with Crippen LogP contribution in [0, 0.1) is 0 Å². The third-order valence-corrected chi connectivity index (χ3v) is 6.49. The van der Waals surface area contributed by atoms with E-state index in [0.717, 1.165) is 64.6 Å². The van der Waals surface area contributed by atoms with E-state index in [1.165, 1.54) is 11.3 Å². The molecule has 0 radical (unpaired) electrons. The Morgan fingerprint density at radius 2 is 1.62 bits per heavy atom. The lowest BCUT2D eigenvalue weighted by molar-refractivity contribution is 0.0342. The second kappa shape index (κ2) is 10.9. The first kappa shape index (κ1) is 22.8. The molecule has 2 fully saturated rings. The molecule has 2 aliphatic heterocycles. The zero-order valence-electron chi connectivity index (χ0n) is 19.4. The number of carbonyl (C=O) groups excluding carboxylic acids is 1. The van der Waals surface area contributed by atoms with Gasteiger partial charge in [0.15, 0.2) is 0 Å². The molecule has 0 aromatic heterocycles. The Morgan fingerprint density at radius 1 is 0.938 bits per heavy atom. The molecule has 1 N–H and O–H groups in total. The summed E-state index contributed by atoms with van der Waals surface area (Å²) < 4.78 is 5.43. The molecule has 2 aromatic rings. The SMILES string of the molecule is CC(C)N1CCN(c2ccc(C(=O)NCc3cccc(CN4CCOCC4)c3)cc2)CC1. The van der Waals surface area contributed by atoms with Crippen molar-refractivity contribution in [3.8, 4) is 0 Å². The summed E-state index contributed by atoms with van der Waals surface area (Å²) in [6, 6.07) is 17.1. The average molecular weight is 437 g/mol. The van der Waals surface area contributed by atoms with E-state index in [1.54, 1.807) is 0 Å². The van der Waals surface area contributed by atoms with Crippen molar-refractivity contribution < 1.29 is 9.53 Å². The quantitative estimate of drug-likeness (QED) is 0.723. The number of nitrogens with one attached hydrogen (secondary N) is 1. The van der Waals surface area contributed by atoms with Gasteiger partial charge in [0.25, 0.3) is 5.91 Å². The third-order valence-electron chi connectivity index (χ3n) is 6.49. The van der Waals surface area contributed by atoms with E-state index in [4.69, 9.17) is 4.74 Å². The fraction of sp³-hybridized carbons (Fsp3) is 0.500. The normalized spacial score (nSPS) is 18.2.